The molecule has 0 aromatic heterocycles. The van der Waals surface area contributed by atoms with Crippen molar-refractivity contribution in [3.8, 4) is 5.75 Å². The molecule has 1 atom stereocenters. The molecule has 25 heavy (non-hydrogen) atoms. The molecule has 7 heteroatoms. The number of ether oxygens (including phenoxy) is 1. The van der Waals surface area contributed by atoms with Crippen LogP contribution in [0.3, 0.4) is 0 Å². The second-order valence-electron chi connectivity index (χ2n) is 5.21. The Bertz CT molecular complexity index is 688. The van der Waals surface area contributed by atoms with Gasteiger partial charge < -0.3 is 21.5 Å². The minimum absolute atomic E-state index is 0.134. The molecule has 2 rings (SSSR count). The quantitative estimate of drug-likeness (QED) is 0.358. The fraction of sp³-hybridized carbons (Fsp3) is 0.222. The van der Waals surface area contributed by atoms with Crippen LogP contribution < -0.4 is 21.5 Å². The molecule has 2 aromatic carbocycles. The van der Waals surface area contributed by atoms with E-state index in [1.807, 2.05) is 54.6 Å². The van der Waals surface area contributed by atoms with Gasteiger partial charge in [-0.1, -0.05) is 46.3 Å². The van der Waals surface area contributed by atoms with E-state index in [2.05, 4.69) is 31.2 Å². The third-order valence-corrected chi connectivity index (χ3v) is 3.78. The molecule has 0 saturated heterocycles. The van der Waals surface area contributed by atoms with E-state index in [1.54, 1.807) is 0 Å². The first-order valence-corrected chi connectivity index (χ1v) is 8.72. The van der Waals surface area contributed by atoms with E-state index >= 15 is 0 Å². The maximum Gasteiger partial charge on any atom is 0.218 e. The fourth-order valence-electron chi connectivity index (χ4n) is 1.97. The van der Waals surface area contributed by atoms with Crippen molar-refractivity contribution >= 4 is 28.2 Å². The van der Waals surface area contributed by atoms with Crippen molar-refractivity contribution in [2.75, 3.05) is 13.2 Å². The van der Waals surface area contributed by atoms with Crippen LogP contribution in [-0.2, 0) is 0 Å². The predicted molar refractivity (Wildman–Crippen MR) is 106 cm³/mol. The number of rotatable bonds is 8. The van der Waals surface area contributed by atoms with E-state index in [0.29, 0.717) is 6.61 Å². The first kappa shape index (κ1) is 19.0. The second-order valence-corrected chi connectivity index (χ2v) is 6.13. The highest BCUT2D eigenvalue weighted by molar-refractivity contribution is 9.10. The molecule has 0 aliphatic rings. The molecule has 5 N–H and O–H groups in total. The van der Waals surface area contributed by atoms with E-state index in [4.69, 9.17) is 16.2 Å². The summed E-state index contributed by atoms with van der Waals surface area (Å²) in [7, 11) is 0. The molecule has 132 valence electrons. The first-order chi connectivity index (χ1) is 12.1. The number of halogens is 1. The number of aliphatic imine (C=N–C) groups is 2. The zero-order valence-corrected chi connectivity index (χ0v) is 15.4. The third-order valence-electron chi connectivity index (χ3n) is 3.25. The summed E-state index contributed by atoms with van der Waals surface area (Å²) in [6.45, 7) is 1.34. The minimum Gasteiger partial charge on any atom is -0.494 e. The lowest BCUT2D eigenvalue weighted by Crippen LogP contribution is -2.20. The van der Waals surface area contributed by atoms with Gasteiger partial charge in [-0.25, -0.2) is 9.98 Å². The molecule has 0 heterocycles. The maximum atomic E-state index is 5.95. The lowest BCUT2D eigenvalue weighted by atomic mass is 10.2. The molecule has 6 nitrogen and oxygen atoms in total. The molecular weight excluding hydrogens is 382 g/mol. The van der Waals surface area contributed by atoms with Gasteiger partial charge in [0.15, 0.2) is 0 Å². The maximum absolute atomic E-state index is 5.95. The second kappa shape index (κ2) is 10.5. The van der Waals surface area contributed by atoms with Crippen molar-refractivity contribution in [2.24, 2.45) is 21.5 Å². The Morgan fingerprint density at radius 3 is 2.60 bits per heavy atom. The zero-order valence-electron chi connectivity index (χ0n) is 13.8. The van der Waals surface area contributed by atoms with Crippen LogP contribution in [0.25, 0.3) is 0 Å². The Morgan fingerprint density at radius 2 is 1.88 bits per heavy atom. The summed E-state index contributed by atoms with van der Waals surface area (Å²) in [5.74, 6) is 0.984. The number of benzene rings is 2. The van der Waals surface area contributed by atoms with Gasteiger partial charge in [-0.05, 0) is 36.2 Å². The highest BCUT2D eigenvalue weighted by atomic mass is 79.9. The number of hydrogen-bond donors (Lipinski definition) is 3. The van der Waals surface area contributed by atoms with Gasteiger partial charge in [-0.3, -0.25) is 0 Å². The van der Waals surface area contributed by atoms with Crippen molar-refractivity contribution in [1.29, 1.82) is 0 Å². The summed E-state index contributed by atoms with van der Waals surface area (Å²) in [6.07, 6.45) is 1.84. The number of nitrogens with one attached hydrogen (secondary N) is 1. The molecule has 0 aliphatic heterocycles. The Labute approximate surface area is 156 Å². The van der Waals surface area contributed by atoms with E-state index in [0.717, 1.165) is 28.8 Å². The third kappa shape index (κ3) is 7.36. The summed E-state index contributed by atoms with van der Waals surface area (Å²) in [5.41, 5.74) is 12.6. The lowest BCUT2D eigenvalue weighted by molar-refractivity contribution is 0.311. The largest absolute Gasteiger partial charge is 0.494 e. The number of nitrogens with two attached hydrogens (primary N) is 2. The SMILES string of the molecule is NC(/N=C\NCCCOc1ccc(Br)cc1)=N/C(N)c1ccccc1. The number of guanidine groups is 1. The van der Waals surface area contributed by atoms with Gasteiger partial charge in [0.25, 0.3) is 0 Å². The van der Waals surface area contributed by atoms with Gasteiger partial charge in [0.2, 0.25) is 5.96 Å². The molecule has 0 spiro atoms. The highest BCUT2D eigenvalue weighted by Crippen LogP contribution is 2.16. The standard InChI is InChI=1S/C18H22BrN5O/c19-15-7-9-16(10-8-15)25-12-4-11-22-13-23-18(21)24-17(20)14-5-2-1-3-6-14/h1-3,5-10,13,17H,4,11-12,20H2,(H3,21,22,23,24). The normalized spacial score (nSPS) is 13.0. The van der Waals surface area contributed by atoms with Gasteiger partial charge >= 0.3 is 0 Å². The zero-order chi connectivity index (χ0) is 17.9. The van der Waals surface area contributed by atoms with E-state index in [9.17, 15) is 0 Å². The first-order valence-electron chi connectivity index (χ1n) is 7.93. The van der Waals surface area contributed by atoms with Crippen molar-refractivity contribution in [2.45, 2.75) is 12.6 Å². The van der Waals surface area contributed by atoms with E-state index in [-0.39, 0.29) is 5.96 Å². The van der Waals surface area contributed by atoms with Gasteiger partial charge in [-0.15, -0.1) is 0 Å². The van der Waals surface area contributed by atoms with Crippen LogP contribution >= 0.6 is 15.9 Å². The van der Waals surface area contributed by atoms with Crippen LogP contribution in [0.15, 0.2) is 69.1 Å². The molecule has 0 aliphatic carbocycles. The molecule has 2 aromatic rings. The number of hydrogen-bond acceptors (Lipinski definition) is 3. The van der Waals surface area contributed by atoms with Gasteiger partial charge in [0.1, 0.15) is 11.9 Å². The predicted octanol–water partition coefficient (Wildman–Crippen LogP) is 2.81. The van der Waals surface area contributed by atoms with Crippen molar-refractivity contribution in [3.63, 3.8) is 0 Å². The van der Waals surface area contributed by atoms with Crippen LogP contribution in [0, 0.1) is 0 Å². The summed E-state index contributed by atoms with van der Waals surface area (Å²) in [5, 5.41) is 3.04. The van der Waals surface area contributed by atoms with Crippen molar-refractivity contribution in [1.82, 2.24) is 5.32 Å². The summed E-state index contributed by atoms with van der Waals surface area (Å²) >= 11 is 3.39. The molecule has 0 radical (unpaired) electrons. The summed E-state index contributed by atoms with van der Waals surface area (Å²) in [6, 6.07) is 17.3. The average Bonchev–Trinajstić information content (AvgIpc) is 2.63. The van der Waals surface area contributed by atoms with Crippen molar-refractivity contribution < 1.29 is 4.74 Å². The monoisotopic (exact) mass is 403 g/mol. The van der Waals surface area contributed by atoms with E-state index < -0.39 is 6.17 Å². The van der Waals surface area contributed by atoms with Gasteiger partial charge in [0.05, 0.1) is 12.9 Å². The highest BCUT2D eigenvalue weighted by Gasteiger charge is 2.02. The van der Waals surface area contributed by atoms with Crippen molar-refractivity contribution in [3.05, 3.63) is 64.6 Å². The average molecular weight is 404 g/mol. The van der Waals surface area contributed by atoms with Gasteiger partial charge in [-0.2, -0.15) is 0 Å². The molecule has 0 saturated carbocycles. The lowest BCUT2D eigenvalue weighted by Gasteiger charge is -2.07. The Balaban J connectivity index is 1.63. The Morgan fingerprint density at radius 1 is 1.16 bits per heavy atom. The van der Waals surface area contributed by atoms with Crippen LogP contribution in [0.4, 0.5) is 0 Å². The minimum atomic E-state index is -0.516. The smallest absolute Gasteiger partial charge is 0.218 e. The fourth-order valence-corrected chi connectivity index (χ4v) is 2.24. The van der Waals surface area contributed by atoms with Crippen LogP contribution in [0.5, 0.6) is 5.75 Å². The molecule has 0 fully saturated rings. The molecule has 0 amide bonds. The topological polar surface area (TPSA) is 98.0 Å². The Hall–Kier alpha value is -2.38. The van der Waals surface area contributed by atoms with E-state index in [1.165, 1.54) is 6.34 Å². The van der Waals surface area contributed by atoms with Crippen LogP contribution in [0.2, 0.25) is 0 Å². The molecule has 1 unspecified atom stereocenters. The molecular formula is C18H22BrN5O. The van der Waals surface area contributed by atoms with Gasteiger partial charge in [0, 0.05) is 11.0 Å². The van der Waals surface area contributed by atoms with Crippen LogP contribution in [0.1, 0.15) is 18.2 Å². The summed E-state index contributed by atoms with van der Waals surface area (Å²) < 4.78 is 6.65. The number of nitrogens with zero attached hydrogens (tertiary/aromatic N) is 2. The van der Waals surface area contributed by atoms with Crippen LogP contribution in [-0.4, -0.2) is 25.4 Å². The summed E-state index contributed by atoms with van der Waals surface area (Å²) in [4.78, 5) is 8.15. The Kier molecular flexibility index (Phi) is 7.94. The molecule has 0 bridgehead atoms.